The highest BCUT2D eigenvalue weighted by molar-refractivity contribution is 5.95. The van der Waals surface area contributed by atoms with E-state index in [4.69, 9.17) is 16.6 Å². The summed E-state index contributed by atoms with van der Waals surface area (Å²) in [7, 11) is 0. The predicted octanol–water partition coefficient (Wildman–Crippen LogP) is 1.20. The quantitative estimate of drug-likeness (QED) is 0.661. The molecular weight excluding hydrogens is 260 g/mol. The number of hydrogen-bond donors (Lipinski definition) is 4. The summed E-state index contributed by atoms with van der Waals surface area (Å²) < 4.78 is 0. The number of primary amides is 1. The second kappa shape index (κ2) is 5.27. The van der Waals surface area contributed by atoms with E-state index < -0.39 is 11.9 Å². The lowest BCUT2D eigenvalue weighted by atomic mass is 10.2. The lowest BCUT2D eigenvalue weighted by Crippen LogP contribution is -2.10. The van der Waals surface area contributed by atoms with Crippen LogP contribution in [0.5, 0.6) is 0 Å². The summed E-state index contributed by atoms with van der Waals surface area (Å²) in [5, 5.41) is 11.9. The molecule has 1 amide bonds. The first-order valence-corrected chi connectivity index (χ1v) is 5.63. The summed E-state index contributed by atoms with van der Waals surface area (Å²) in [6.45, 7) is 0. The number of anilines is 3. The largest absolute Gasteiger partial charge is 0.478 e. The van der Waals surface area contributed by atoms with Crippen LogP contribution in [0.3, 0.4) is 0 Å². The molecule has 0 unspecified atom stereocenters. The topological polar surface area (TPSA) is 131 Å². The van der Waals surface area contributed by atoms with Crippen LogP contribution < -0.4 is 16.8 Å². The van der Waals surface area contributed by atoms with Gasteiger partial charge in [-0.1, -0.05) is 0 Å². The molecule has 0 atom stereocenters. The average Bonchev–Trinajstić information content (AvgIpc) is 2.41. The van der Waals surface area contributed by atoms with Gasteiger partial charge in [0.1, 0.15) is 11.4 Å². The summed E-state index contributed by atoms with van der Waals surface area (Å²) >= 11 is 0. The van der Waals surface area contributed by atoms with Crippen LogP contribution in [0.25, 0.3) is 0 Å². The van der Waals surface area contributed by atoms with E-state index in [0.717, 1.165) is 0 Å². The fourth-order valence-electron chi connectivity index (χ4n) is 1.60. The number of hydrogen-bond acceptors (Lipinski definition) is 5. The number of carboxylic acid groups (broad SMARTS) is 1. The van der Waals surface area contributed by atoms with Gasteiger partial charge in [-0.2, -0.15) is 0 Å². The number of aromatic carboxylic acids is 1. The Hall–Kier alpha value is -3.09. The lowest BCUT2D eigenvalue weighted by molar-refractivity contribution is 0.0697. The molecule has 1 heterocycles. The molecular formula is C13H12N4O3. The Morgan fingerprint density at radius 3 is 2.40 bits per heavy atom. The van der Waals surface area contributed by atoms with Gasteiger partial charge in [0.2, 0.25) is 5.91 Å². The number of benzene rings is 1. The summed E-state index contributed by atoms with van der Waals surface area (Å²) in [4.78, 5) is 26.0. The molecule has 0 radical (unpaired) electrons. The number of carbonyl (C=O) groups excluding carboxylic acids is 1. The molecule has 0 spiro atoms. The summed E-state index contributed by atoms with van der Waals surface area (Å²) in [6.07, 6.45) is 1.35. The van der Waals surface area contributed by atoms with Crippen LogP contribution in [0.1, 0.15) is 20.7 Å². The van der Waals surface area contributed by atoms with Crippen molar-refractivity contribution < 1.29 is 14.7 Å². The van der Waals surface area contributed by atoms with E-state index in [1.165, 1.54) is 24.4 Å². The van der Waals surface area contributed by atoms with Gasteiger partial charge in [0, 0.05) is 11.3 Å². The minimum absolute atomic E-state index is 0.0380. The van der Waals surface area contributed by atoms with E-state index in [-0.39, 0.29) is 17.1 Å². The predicted molar refractivity (Wildman–Crippen MR) is 73.9 cm³/mol. The number of rotatable bonds is 4. The van der Waals surface area contributed by atoms with Gasteiger partial charge in [-0.15, -0.1) is 0 Å². The third kappa shape index (κ3) is 2.83. The lowest BCUT2D eigenvalue weighted by Gasteiger charge is -2.09. The molecule has 0 aliphatic heterocycles. The second-order valence-electron chi connectivity index (χ2n) is 4.04. The number of carbonyl (C=O) groups is 2. The number of nitrogens with one attached hydrogen (secondary N) is 1. The van der Waals surface area contributed by atoms with Crippen LogP contribution in [0.2, 0.25) is 0 Å². The third-order valence-electron chi connectivity index (χ3n) is 2.57. The van der Waals surface area contributed by atoms with Crippen LogP contribution in [0.15, 0.2) is 36.5 Å². The zero-order chi connectivity index (χ0) is 14.7. The normalized spacial score (nSPS) is 10.0. The van der Waals surface area contributed by atoms with Crippen LogP contribution in [-0.2, 0) is 0 Å². The zero-order valence-electron chi connectivity index (χ0n) is 10.3. The Morgan fingerprint density at radius 1 is 1.20 bits per heavy atom. The number of pyridine rings is 1. The molecule has 7 nitrogen and oxygen atoms in total. The monoisotopic (exact) mass is 272 g/mol. The van der Waals surface area contributed by atoms with E-state index in [2.05, 4.69) is 10.3 Å². The number of nitrogens with zero attached hydrogens (tertiary/aromatic N) is 1. The van der Waals surface area contributed by atoms with Gasteiger partial charge in [0.15, 0.2) is 0 Å². The van der Waals surface area contributed by atoms with Crippen LogP contribution in [-0.4, -0.2) is 22.0 Å². The number of nitrogen functional groups attached to an aromatic ring is 1. The third-order valence-corrected chi connectivity index (χ3v) is 2.57. The Kier molecular flexibility index (Phi) is 3.52. The first-order chi connectivity index (χ1) is 9.47. The minimum atomic E-state index is -1.14. The SMILES string of the molecule is NC(=O)c1ccc(Nc2ncc(N)cc2C(=O)O)cc1. The highest BCUT2D eigenvalue weighted by Crippen LogP contribution is 2.20. The summed E-state index contributed by atoms with van der Waals surface area (Å²) in [5.41, 5.74) is 11.8. The highest BCUT2D eigenvalue weighted by Gasteiger charge is 2.12. The maximum absolute atomic E-state index is 11.1. The average molecular weight is 272 g/mol. The Bertz CT molecular complexity index is 668. The molecule has 2 rings (SSSR count). The fourth-order valence-corrected chi connectivity index (χ4v) is 1.60. The van der Waals surface area contributed by atoms with Gasteiger partial charge in [0.05, 0.1) is 11.9 Å². The van der Waals surface area contributed by atoms with Crippen LogP contribution >= 0.6 is 0 Å². The first kappa shape index (κ1) is 13.3. The van der Waals surface area contributed by atoms with Gasteiger partial charge in [-0.25, -0.2) is 9.78 Å². The minimum Gasteiger partial charge on any atom is -0.478 e. The molecule has 0 bridgehead atoms. The maximum atomic E-state index is 11.1. The Morgan fingerprint density at radius 2 is 1.85 bits per heavy atom. The maximum Gasteiger partial charge on any atom is 0.339 e. The molecule has 0 fully saturated rings. The molecule has 0 aliphatic carbocycles. The molecule has 2 aromatic rings. The van der Waals surface area contributed by atoms with Crippen molar-refractivity contribution in [1.82, 2.24) is 4.98 Å². The molecule has 0 saturated heterocycles. The highest BCUT2D eigenvalue weighted by atomic mass is 16.4. The fraction of sp³-hybridized carbons (Fsp3) is 0. The van der Waals surface area contributed by atoms with Crippen molar-refractivity contribution in [2.24, 2.45) is 5.73 Å². The van der Waals surface area contributed by atoms with Gasteiger partial charge in [-0.3, -0.25) is 4.79 Å². The number of aromatic nitrogens is 1. The summed E-state index contributed by atoms with van der Waals surface area (Å²) in [5.74, 6) is -1.51. The number of carboxylic acids is 1. The molecule has 1 aromatic carbocycles. The number of nitrogens with two attached hydrogens (primary N) is 2. The van der Waals surface area contributed by atoms with Crippen molar-refractivity contribution in [2.45, 2.75) is 0 Å². The van der Waals surface area contributed by atoms with Crippen molar-refractivity contribution in [3.63, 3.8) is 0 Å². The smallest absolute Gasteiger partial charge is 0.339 e. The van der Waals surface area contributed by atoms with Crippen LogP contribution in [0.4, 0.5) is 17.2 Å². The molecule has 102 valence electrons. The van der Waals surface area contributed by atoms with Crippen molar-refractivity contribution in [3.05, 3.63) is 47.7 Å². The van der Waals surface area contributed by atoms with Crippen molar-refractivity contribution in [1.29, 1.82) is 0 Å². The molecule has 6 N–H and O–H groups in total. The number of amides is 1. The Labute approximate surface area is 114 Å². The first-order valence-electron chi connectivity index (χ1n) is 5.63. The molecule has 0 aliphatic rings. The molecule has 1 aromatic heterocycles. The molecule has 7 heteroatoms. The van der Waals surface area contributed by atoms with Crippen molar-refractivity contribution in [3.8, 4) is 0 Å². The van der Waals surface area contributed by atoms with E-state index in [1.807, 2.05) is 0 Å². The van der Waals surface area contributed by atoms with E-state index >= 15 is 0 Å². The second-order valence-corrected chi connectivity index (χ2v) is 4.04. The standard InChI is InChI=1S/C13H12N4O3/c14-8-5-10(13(19)20)12(16-6-8)17-9-3-1-7(2-4-9)11(15)18/h1-6H,14H2,(H2,15,18)(H,16,17)(H,19,20). The van der Waals surface area contributed by atoms with E-state index in [0.29, 0.717) is 11.3 Å². The summed E-state index contributed by atoms with van der Waals surface area (Å²) in [6, 6.07) is 7.58. The van der Waals surface area contributed by atoms with Gasteiger partial charge in [0.25, 0.3) is 0 Å². The zero-order valence-corrected chi connectivity index (χ0v) is 10.3. The van der Waals surface area contributed by atoms with Gasteiger partial charge in [-0.05, 0) is 30.3 Å². The van der Waals surface area contributed by atoms with E-state index in [9.17, 15) is 9.59 Å². The molecule has 0 saturated carbocycles. The Balaban J connectivity index is 2.30. The van der Waals surface area contributed by atoms with Crippen molar-refractivity contribution in [2.75, 3.05) is 11.1 Å². The van der Waals surface area contributed by atoms with Crippen LogP contribution in [0, 0.1) is 0 Å². The molecule has 20 heavy (non-hydrogen) atoms. The van der Waals surface area contributed by atoms with Crippen molar-refractivity contribution >= 4 is 29.1 Å². The van der Waals surface area contributed by atoms with E-state index in [1.54, 1.807) is 12.1 Å². The van der Waals surface area contributed by atoms with Gasteiger partial charge >= 0.3 is 5.97 Å². The van der Waals surface area contributed by atoms with Gasteiger partial charge < -0.3 is 21.9 Å².